The Kier molecular flexibility index (Phi) is 7.14. The van der Waals surface area contributed by atoms with E-state index in [0.717, 1.165) is 26.2 Å². The minimum Gasteiger partial charge on any atom is -0.383 e. The van der Waals surface area contributed by atoms with Crippen LogP contribution in [0.25, 0.3) is 0 Å². The van der Waals surface area contributed by atoms with Crippen LogP contribution in [0.5, 0.6) is 0 Å². The van der Waals surface area contributed by atoms with Crippen molar-refractivity contribution in [2.45, 2.75) is 46.2 Å². The summed E-state index contributed by atoms with van der Waals surface area (Å²) in [6, 6.07) is 0.502. The van der Waals surface area contributed by atoms with E-state index in [4.69, 9.17) is 4.74 Å². The summed E-state index contributed by atoms with van der Waals surface area (Å²) in [6.07, 6.45) is 0. The Hall–Kier alpha value is -0.120. The second-order valence-electron chi connectivity index (χ2n) is 5.11. The number of hydrogen-bond donors (Lipinski definition) is 1. The first-order chi connectivity index (χ1) is 6.90. The highest BCUT2D eigenvalue weighted by atomic mass is 16.5. The minimum atomic E-state index is 0.212. The minimum absolute atomic E-state index is 0.212. The fourth-order valence-electron chi connectivity index (χ4n) is 1.61. The van der Waals surface area contributed by atoms with Gasteiger partial charge < -0.3 is 10.1 Å². The van der Waals surface area contributed by atoms with Crippen LogP contribution in [0.1, 0.15) is 34.6 Å². The molecule has 1 atom stereocenters. The van der Waals surface area contributed by atoms with Gasteiger partial charge in [0.15, 0.2) is 0 Å². The topological polar surface area (TPSA) is 24.5 Å². The number of nitrogens with zero attached hydrogens (tertiary/aromatic N) is 1. The second kappa shape index (κ2) is 7.20. The average molecular weight is 216 g/mol. The van der Waals surface area contributed by atoms with E-state index in [-0.39, 0.29) is 5.54 Å². The van der Waals surface area contributed by atoms with Gasteiger partial charge in [-0.25, -0.2) is 0 Å². The number of methoxy groups -OCH3 is 1. The van der Waals surface area contributed by atoms with Crippen LogP contribution in [0.4, 0.5) is 0 Å². The molecule has 3 nitrogen and oxygen atoms in total. The Morgan fingerprint density at radius 3 is 2.33 bits per heavy atom. The van der Waals surface area contributed by atoms with Crippen LogP contribution in [-0.4, -0.2) is 49.8 Å². The van der Waals surface area contributed by atoms with Crippen molar-refractivity contribution < 1.29 is 4.74 Å². The zero-order chi connectivity index (χ0) is 11.9. The third-order valence-corrected chi connectivity index (χ3v) is 2.49. The molecule has 0 bridgehead atoms. The van der Waals surface area contributed by atoms with Crippen molar-refractivity contribution in [3.8, 4) is 0 Å². The van der Waals surface area contributed by atoms with Crippen LogP contribution in [0.3, 0.4) is 0 Å². The average Bonchev–Trinajstić information content (AvgIpc) is 2.11. The summed E-state index contributed by atoms with van der Waals surface area (Å²) >= 11 is 0. The van der Waals surface area contributed by atoms with Gasteiger partial charge in [0, 0.05) is 31.8 Å². The van der Waals surface area contributed by atoms with Crippen LogP contribution in [-0.2, 0) is 4.74 Å². The molecule has 3 heteroatoms. The molecule has 0 heterocycles. The molecule has 0 rings (SSSR count). The van der Waals surface area contributed by atoms with Gasteiger partial charge in [0.2, 0.25) is 0 Å². The number of hydrogen-bond acceptors (Lipinski definition) is 3. The first-order valence-corrected chi connectivity index (χ1v) is 5.88. The van der Waals surface area contributed by atoms with Gasteiger partial charge in [-0.2, -0.15) is 0 Å². The zero-order valence-electron chi connectivity index (χ0n) is 11.3. The van der Waals surface area contributed by atoms with Gasteiger partial charge in [-0.3, -0.25) is 4.90 Å². The van der Waals surface area contributed by atoms with E-state index in [1.807, 2.05) is 0 Å². The lowest BCUT2D eigenvalue weighted by molar-refractivity contribution is 0.102. The van der Waals surface area contributed by atoms with Crippen molar-refractivity contribution in [1.29, 1.82) is 0 Å². The van der Waals surface area contributed by atoms with E-state index < -0.39 is 0 Å². The summed E-state index contributed by atoms with van der Waals surface area (Å²) in [5, 5.41) is 3.50. The molecule has 0 amide bonds. The summed E-state index contributed by atoms with van der Waals surface area (Å²) < 4.78 is 5.17. The third-order valence-electron chi connectivity index (χ3n) is 2.49. The Bertz CT molecular complexity index is 154. The number of ether oxygens (including phenoxy) is 1. The van der Waals surface area contributed by atoms with Crippen LogP contribution in [0.15, 0.2) is 0 Å². The van der Waals surface area contributed by atoms with E-state index in [1.165, 1.54) is 0 Å². The van der Waals surface area contributed by atoms with Crippen molar-refractivity contribution in [3.63, 3.8) is 0 Å². The monoisotopic (exact) mass is 216 g/mol. The Morgan fingerprint density at radius 1 is 1.33 bits per heavy atom. The fraction of sp³-hybridized carbons (Fsp3) is 1.00. The standard InChI is InChI=1S/C12H28N2O/c1-7-14(11(2)10-15-6)9-8-13-12(3,4)5/h11,13H,7-10H2,1-6H3. The number of likely N-dealkylation sites (N-methyl/N-ethyl adjacent to an activating group) is 1. The molecular formula is C12H28N2O. The van der Waals surface area contributed by atoms with E-state index in [2.05, 4.69) is 44.8 Å². The van der Waals surface area contributed by atoms with Gasteiger partial charge in [-0.1, -0.05) is 6.92 Å². The Labute approximate surface area is 95.2 Å². The SMILES string of the molecule is CCN(CCNC(C)(C)C)C(C)COC. The lowest BCUT2D eigenvalue weighted by Gasteiger charge is -2.29. The highest BCUT2D eigenvalue weighted by molar-refractivity contribution is 4.73. The molecule has 0 aromatic carbocycles. The molecule has 15 heavy (non-hydrogen) atoms. The summed E-state index contributed by atoms with van der Waals surface area (Å²) in [4.78, 5) is 2.43. The molecule has 0 aromatic rings. The highest BCUT2D eigenvalue weighted by Crippen LogP contribution is 2.01. The van der Waals surface area contributed by atoms with Crippen molar-refractivity contribution in [2.24, 2.45) is 0 Å². The van der Waals surface area contributed by atoms with Crippen molar-refractivity contribution in [3.05, 3.63) is 0 Å². The Balaban J connectivity index is 3.80. The van der Waals surface area contributed by atoms with Crippen LogP contribution < -0.4 is 5.32 Å². The maximum absolute atomic E-state index is 5.17. The Morgan fingerprint density at radius 2 is 1.93 bits per heavy atom. The van der Waals surface area contributed by atoms with E-state index in [9.17, 15) is 0 Å². The quantitative estimate of drug-likeness (QED) is 0.701. The van der Waals surface area contributed by atoms with Gasteiger partial charge in [0.05, 0.1) is 6.61 Å². The molecule has 1 N–H and O–H groups in total. The van der Waals surface area contributed by atoms with Crippen LogP contribution >= 0.6 is 0 Å². The van der Waals surface area contributed by atoms with E-state index >= 15 is 0 Å². The molecule has 92 valence electrons. The molecule has 0 aliphatic rings. The molecule has 0 saturated heterocycles. The second-order valence-corrected chi connectivity index (χ2v) is 5.11. The lowest BCUT2D eigenvalue weighted by atomic mass is 10.1. The maximum atomic E-state index is 5.17. The summed E-state index contributed by atoms with van der Waals surface area (Å²) in [5.74, 6) is 0. The third kappa shape index (κ3) is 7.77. The number of rotatable bonds is 7. The number of nitrogens with one attached hydrogen (secondary N) is 1. The largest absolute Gasteiger partial charge is 0.383 e. The van der Waals surface area contributed by atoms with Crippen molar-refractivity contribution >= 4 is 0 Å². The first-order valence-electron chi connectivity index (χ1n) is 5.88. The smallest absolute Gasteiger partial charge is 0.0615 e. The van der Waals surface area contributed by atoms with E-state index in [1.54, 1.807) is 7.11 Å². The van der Waals surface area contributed by atoms with Gasteiger partial charge in [0.25, 0.3) is 0 Å². The predicted molar refractivity (Wildman–Crippen MR) is 66.3 cm³/mol. The van der Waals surface area contributed by atoms with Gasteiger partial charge in [-0.15, -0.1) is 0 Å². The molecular weight excluding hydrogens is 188 g/mol. The lowest BCUT2D eigenvalue weighted by Crippen LogP contribution is -2.44. The highest BCUT2D eigenvalue weighted by Gasteiger charge is 2.13. The normalized spacial score (nSPS) is 14.6. The molecule has 1 unspecified atom stereocenters. The maximum Gasteiger partial charge on any atom is 0.0615 e. The molecule has 0 fully saturated rings. The first kappa shape index (κ1) is 14.9. The van der Waals surface area contributed by atoms with E-state index in [0.29, 0.717) is 6.04 Å². The molecule has 0 radical (unpaired) electrons. The summed E-state index contributed by atoms with van der Waals surface area (Å²) in [5.41, 5.74) is 0.212. The zero-order valence-corrected chi connectivity index (χ0v) is 11.3. The molecule has 0 aliphatic heterocycles. The van der Waals surface area contributed by atoms with Crippen molar-refractivity contribution in [1.82, 2.24) is 10.2 Å². The predicted octanol–water partition coefficient (Wildman–Crippen LogP) is 1.73. The van der Waals surface area contributed by atoms with Crippen molar-refractivity contribution in [2.75, 3.05) is 33.4 Å². The van der Waals surface area contributed by atoms with Crippen LogP contribution in [0.2, 0.25) is 0 Å². The molecule has 0 aromatic heterocycles. The molecule has 0 spiro atoms. The van der Waals surface area contributed by atoms with Crippen LogP contribution in [0, 0.1) is 0 Å². The van der Waals surface area contributed by atoms with Gasteiger partial charge >= 0.3 is 0 Å². The van der Waals surface area contributed by atoms with Gasteiger partial charge in [0.1, 0.15) is 0 Å². The fourth-order valence-corrected chi connectivity index (χ4v) is 1.61. The summed E-state index contributed by atoms with van der Waals surface area (Å²) in [6.45, 7) is 15.0. The van der Waals surface area contributed by atoms with Gasteiger partial charge in [-0.05, 0) is 34.2 Å². The molecule has 0 aliphatic carbocycles. The molecule has 0 saturated carbocycles. The summed E-state index contributed by atoms with van der Waals surface area (Å²) in [7, 11) is 1.76.